The van der Waals surface area contributed by atoms with Gasteiger partial charge in [-0.2, -0.15) is 0 Å². The quantitative estimate of drug-likeness (QED) is 0.865. The second-order valence-corrected chi connectivity index (χ2v) is 6.79. The molecule has 1 aromatic carbocycles. The van der Waals surface area contributed by atoms with Crippen molar-refractivity contribution < 1.29 is 4.79 Å². The third-order valence-corrected chi connectivity index (χ3v) is 5.19. The van der Waals surface area contributed by atoms with E-state index in [1.165, 1.54) is 16.9 Å². The molecule has 0 spiro atoms. The minimum Gasteiger partial charge on any atom is -0.335 e. The van der Waals surface area contributed by atoms with E-state index in [1.807, 2.05) is 22.4 Å². The smallest absolute Gasteiger partial charge is 0.264 e. The van der Waals surface area contributed by atoms with E-state index in [0.717, 1.165) is 37.5 Å². The summed E-state index contributed by atoms with van der Waals surface area (Å²) in [6.07, 6.45) is 1.07. The van der Waals surface area contributed by atoms with Crippen LogP contribution in [-0.2, 0) is 6.42 Å². The first-order valence-corrected chi connectivity index (χ1v) is 8.73. The highest BCUT2D eigenvalue weighted by Gasteiger charge is 2.25. The van der Waals surface area contributed by atoms with Crippen LogP contribution in [0.25, 0.3) is 0 Å². The predicted molar refractivity (Wildman–Crippen MR) is 91.4 cm³/mol. The van der Waals surface area contributed by atoms with Crippen molar-refractivity contribution in [2.75, 3.05) is 26.2 Å². The summed E-state index contributed by atoms with van der Waals surface area (Å²) in [5.74, 6) is 0.186. The number of carbonyl (C=O) groups excluding carboxylic acids is 1. The maximum absolute atomic E-state index is 12.3. The lowest BCUT2D eigenvalue weighted by atomic mass is 10.1. The molecule has 1 fully saturated rings. The number of carbonyl (C=O) groups is 1. The normalized spacial score (nSPS) is 17.4. The van der Waals surface area contributed by atoms with Crippen LogP contribution in [0.5, 0.6) is 0 Å². The zero-order valence-corrected chi connectivity index (χ0v) is 13.8. The van der Waals surface area contributed by atoms with Gasteiger partial charge < -0.3 is 4.90 Å². The molecule has 0 radical (unpaired) electrons. The molecule has 3 nitrogen and oxygen atoms in total. The van der Waals surface area contributed by atoms with Gasteiger partial charge in [-0.25, -0.2) is 0 Å². The molecule has 3 rings (SSSR count). The zero-order valence-electron chi connectivity index (χ0n) is 12.9. The molecule has 116 valence electrons. The van der Waals surface area contributed by atoms with Crippen LogP contribution in [0.4, 0.5) is 0 Å². The molecule has 1 unspecified atom stereocenters. The Morgan fingerprint density at radius 3 is 2.45 bits per heavy atom. The molecule has 2 aromatic rings. The number of hydrogen-bond acceptors (Lipinski definition) is 3. The van der Waals surface area contributed by atoms with E-state index >= 15 is 0 Å². The van der Waals surface area contributed by atoms with Gasteiger partial charge in [0.15, 0.2) is 0 Å². The molecule has 22 heavy (non-hydrogen) atoms. The lowest BCUT2D eigenvalue weighted by molar-refractivity contribution is 0.0587. The van der Waals surface area contributed by atoms with Crippen molar-refractivity contribution in [1.82, 2.24) is 9.80 Å². The number of thiophene rings is 1. The van der Waals surface area contributed by atoms with Crippen LogP contribution in [0.15, 0.2) is 47.8 Å². The number of benzene rings is 1. The number of amides is 1. The predicted octanol–water partition coefficient (Wildman–Crippen LogP) is 3.14. The Hall–Kier alpha value is -1.65. The van der Waals surface area contributed by atoms with Gasteiger partial charge in [0.2, 0.25) is 0 Å². The molecule has 0 N–H and O–H groups in total. The van der Waals surface area contributed by atoms with Gasteiger partial charge in [0.1, 0.15) is 0 Å². The molecule has 2 heterocycles. The summed E-state index contributed by atoms with van der Waals surface area (Å²) >= 11 is 1.53. The highest BCUT2D eigenvalue weighted by molar-refractivity contribution is 7.12. The molecule has 1 atom stereocenters. The van der Waals surface area contributed by atoms with Gasteiger partial charge in [0.25, 0.3) is 5.91 Å². The van der Waals surface area contributed by atoms with Crippen LogP contribution in [0.2, 0.25) is 0 Å². The summed E-state index contributed by atoms with van der Waals surface area (Å²) in [6, 6.07) is 15.0. The molecule has 1 aliphatic heterocycles. The van der Waals surface area contributed by atoms with E-state index in [2.05, 4.69) is 42.2 Å². The Labute approximate surface area is 136 Å². The molecule has 1 aliphatic rings. The number of hydrogen-bond donors (Lipinski definition) is 0. The van der Waals surface area contributed by atoms with E-state index in [-0.39, 0.29) is 5.91 Å². The van der Waals surface area contributed by atoms with Gasteiger partial charge in [-0.05, 0) is 30.4 Å². The summed E-state index contributed by atoms with van der Waals surface area (Å²) in [6.45, 7) is 5.87. The highest BCUT2D eigenvalue weighted by Crippen LogP contribution is 2.16. The maximum Gasteiger partial charge on any atom is 0.264 e. The minimum atomic E-state index is 0.186. The van der Waals surface area contributed by atoms with Gasteiger partial charge in [0, 0.05) is 32.2 Å². The van der Waals surface area contributed by atoms with Gasteiger partial charge in [-0.1, -0.05) is 36.4 Å². The Kier molecular flexibility index (Phi) is 4.90. The second kappa shape index (κ2) is 7.07. The fourth-order valence-electron chi connectivity index (χ4n) is 3.01. The van der Waals surface area contributed by atoms with Crippen molar-refractivity contribution in [3.63, 3.8) is 0 Å². The Balaban J connectivity index is 1.52. The van der Waals surface area contributed by atoms with Crippen molar-refractivity contribution in [2.45, 2.75) is 19.4 Å². The lowest BCUT2D eigenvalue weighted by Crippen LogP contribution is -2.51. The summed E-state index contributed by atoms with van der Waals surface area (Å²) in [4.78, 5) is 17.7. The molecular formula is C18H22N2OS. The second-order valence-electron chi connectivity index (χ2n) is 5.84. The van der Waals surface area contributed by atoms with E-state index < -0.39 is 0 Å². The zero-order chi connectivity index (χ0) is 15.4. The first-order valence-electron chi connectivity index (χ1n) is 7.85. The lowest BCUT2D eigenvalue weighted by Gasteiger charge is -2.38. The number of rotatable bonds is 4. The van der Waals surface area contributed by atoms with E-state index in [4.69, 9.17) is 0 Å². The molecule has 1 saturated heterocycles. The van der Waals surface area contributed by atoms with Crippen molar-refractivity contribution in [3.8, 4) is 0 Å². The topological polar surface area (TPSA) is 23.6 Å². The standard InChI is InChI=1S/C18H22N2OS/c1-15(14-16-6-3-2-4-7-16)19-9-11-20(12-10-19)18(21)17-8-5-13-22-17/h2-8,13,15H,9-12,14H2,1H3. The third kappa shape index (κ3) is 3.57. The van der Waals surface area contributed by atoms with Crippen LogP contribution in [0.1, 0.15) is 22.2 Å². The average molecular weight is 314 g/mol. The summed E-state index contributed by atoms with van der Waals surface area (Å²) in [7, 11) is 0. The SMILES string of the molecule is CC(Cc1ccccc1)N1CCN(C(=O)c2cccs2)CC1. The number of nitrogens with zero attached hydrogens (tertiary/aromatic N) is 2. The highest BCUT2D eigenvalue weighted by atomic mass is 32.1. The third-order valence-electron chi connectivity index (χ3n) is 4.33. The first kappa shape index (κ1) is 15.3. The van der Waals surface area contributed by atoms with Crippen LogP contribution < -0.4 is 0 Å². The molecule has 0 saturated carbocycles. The average Bonchev–Trinajstić information content (AvgIpc) is 3.10. The Morgan fingerprint density at radius 1 is 1.09 bits per heavy atom. The minimum absolute atomic E-state index is 0.186. The maximum atomic E-state index is 12.3. The molecule has 1 amide bonds. The van der Waals surface area contributed by atoms with Crippen molar-refractivity contribution in [1.29, 1.82) is 0 Å². The Bertz CT molecular complexity index is 589. The van der Waals surface area contributed by atoms with Crippen molar-refractivity contribution in [3.05, 3.63) is 58.3 Å². The fraction of sp³-hybridized carbons (Fsp3) is 0.389. The monoisotopic (exact) mass is 314 g/mol. The molecular weight excluding hydrogens is 292 g/mol. The van der Waals surface area contributed by atoms with Crippen LogP contribution in [0.3, 0.4) is 0 Å². The largest absolute Gasteiger partial charge is 0.335 e. The molecule has 0 bridgehead atoms. The van der Waals surface area contributed by atoms with Gasteiger partial charge >= 0.3 is 0 Å². The summed E-state index contributed by atoms with van der Waals surface area (Å²) < 4.78 is 0. The van der Waals surface area contributed by atoms with Gasteiger partial charge in [-0.3, -0.25) is 9.69 Å². The van der Waals surface area contributed by atoms with E-state index in [1.54, 1.807) is 0 Å². The fourth-order valence-corrected chi connectivity index (χ4v) is 3.70. The number of piperazine rings is 1. The van der Waals surface area contributed by atoms with Crippen LogP contribution in [0, 0.1) is 0 Å². The Morgan fingerprint density at radius 2 is 1.82 bits per heavy atom. The molecule has 1 aromatic heterocycles. The van der Waals surface area contributed by atoms with Crippen LogP contribution in [-0.4, -0.2) is 47.9 Å². The molecule has 4 heteroatoms. The van der Waals surface area contributed by atoms with Crippen molar-refractivity contribution >= 4 is 17.2 Å². The van der Waals surface area contributed by atoms with Gasteiger partial charge in [-0.15, -0.1) is 11.3 Å². The van der Waals surface area contributed by atoms with E-state index in [9.17, 15) is 4.79 Å². The van der Waals surface area contributed by atoms with Crippen molar-refractivity contribution in [2.24, 2.45) is 0 Å². The van der Waals surface area contributed by atoms with Crippen LogP contribution >= 0.6 is 11.3 Å². The summed E-state index contributed by atoms with van der Waals surface area (Å²) in [5.41, 5.74) is 1.38. The molecule has 0 aliphatic carbocycles. The van der Waals surface area contributed by atoms with E-state index in [0.29, 0.717) is 6.04 Å². The summed E-state index contributed by atoms with van der Waals surface area (Å²) in [5, 5.41) is 1.96. The first-order chi connectivity index (χ1) is 10.7. The van der Waals surface area contributed by atoms with Gasteiger partial charge in [0.05, 0.1) is 4.88 Å².